The molecule has 2 heterocycles. The highest BCUT2D eigenvalue weighted by atomic mass is 16.5. The van der Waals surface area contributed by atoms with Crippen LogP contribution in [0.4, 0.5) is 5.69 Å². The molecule has 0 radical (unpaired) electrons. The second-order valence-electron chi connectivity index (χ2n) is 6.36. The number of aromatic nitrogens is 2. The van der Waals surface area contributed by atoms with Crippen molar-refractivity contribution in [2.75, 3.05) is 18.5 Å². The summed E-state index contributed by atoms with van der Waals surface area (Å²) in [6.07, 6.45) is 3.14. The largest absolute Gasteiger partial charge is 0.466 e. The van der Waals surface area contributed by atoms with Gasteiger partial charge in [-0.05, 0) is 37.3 Å². The summed E-state index contributed by atoms with van der Waals surface area (Å²) < 4.78 is 5.41. The number of carbonyl (C=O) groups excluding carboxylic acids is 2. The van der Waals surface area contributed by atoms with Gasteiger partial charge in [-0.3, -0.25) is 9.59 Å². The summed E-state index contributed by atoms with van der Waals surface area (Å²) in [6, 6.07) is 12.9. The molecule has 0 fully saturated rings. The van der Waals surface area contributed by atoms with Gasteiger partial charge >= 0.3 is 0 Å². The minimum absolute atomic E-state index is 0.160. The van der Waals surface area contributed by atoms with Gasteiger partial charge in [-0.15, -0.1) is 5.10 Å². The molecule has 0 saturated carbocycles. The Morgan fingerprint density at radius 2 is 2.04 bits per heavy atom. The Balaban J connectivity index is 1.48. The van der Waals surface area contributed by atoms with E-state index in [2.05, 4.69) is 20.4 Å². The molecule has 1 aliphatic heterocycles. The third-order valence-corrected chi connectivity index (χ3v) is 4.21. The summed E-state index contributed by atoms with van der Waals surface area (Å²) in [4.78, 5) is 32.6. The first-order chi connectivity index (χ1) is 13.6. The van der Waals surface area contributed by atoms with Crippen molar-refractivity contribution in [3.05, 3.63) is 66.1 Å². The quantitative estimate of drug-likeness (QED) is 0.753. The molecule has 1 aromatic heterocycles. The molecule has 0 spiro atoms. The molecule has 0 saturated heterocycles. The molecule has 2 aromatic carbocycles. The molecule has 28 heavy (non-hydrogen) atoms. The Bertz CT molecular complexity index is 1080. The van der Waals surface area contributed by atoms with E-state index in [4.69, 9.17) is 4.74 Å². The molecule has 0 atom stereocenters. The van der Waals surface area contributed by atoms with Gasteiger partial charge in [-0.1, -0.05) is 17.7 Å². The highest BCUT2D eigenvalue weighted by Gasteiger charge is 2.24. The minimum Gasteiger partial charge on any atom is -0.466 e. The number of benzene rings is 2. The van der Waals surface area contributed by atoms with Gasteiger partial charge in [0, 0.05) is 22.8 Å². The number of rotatable bonds is 4. The second-order valence-corrected chi connectivity index (χ2v) is 6.36. The Hall–Kier alpha value is -3.81. The number of fused-ring (bicyclic) bond motifs is 1. The van der Waals surface area contributed by atoms with Crippen molar-refractivity contribution in [3.8, 4) is 0 Å². The smallest absolute Gasteiger partial charge is 0.281 e. The highest BCUT2D eigenvalue weighted by Crippen LogP contribution is 2.16. The van der Waals surface area contributed by atoms with E-state index in [1.807, 2.05) is 37.3 Å². The number of ether oxygens (including phenoxy) is 1. The maximum absolute atomic E-state index is 12.4. The molecule has 3 aromatic rings. The van der Waals surface area contributed by atoms with Crippen molar-refractivity contribution in [1.82, 2.24) is 15.0 Å². The Morgan fingerprint density at radius 1 is 1.21 bits per heavy atom. The van der Waals surface area contributed by atoms with Crippen LogP contribution in [0.3, 0.4) is 0 Å². The minimum atomic E-state index is -0.378. The Morgan fingerprint density at radius 3 is 2.86 bits per heavy atom. The molecule has 1 N–H and O–H groups in total. The lowest BCUT2D eigenvalue weighted by molar-refractivity contribution is -0.138. The number of anilines is 1. The van der Waals surface area contributed by atoms with Gasteiger partial charge < -0.3 is 10.1 Å². The lowest BCUT2D eigenvalue weighted by Crippen LogP contribution is -2.41. The van der Waals surface area contributed by atoms with Crippen LogP contribution in [0.2, 0.25) is 0 Å². The molecule has 4 rings (SSSR count). The number of hydrogen-bond acceptors (Lipinski definition) is 6. The fourth-order valence-electron chi connectivity index (χ4n) is 2.75. The van der Waals surface area contributed by atoms with Crippen LogP contribution in [0.15, 0.2) is 60.1 Å². The van der Waals surface area contributed by atoms with Gasteiger partial charge in [-0.25, -0.2) is 15.0 Å². The van der Waals surface area contributed by atoms with Crippen LogP contribution < -0.4 is 5.32 Å². The predicted molar refractivity (Wildman–Crippen MR) is 104 cm³/mol. The van der Waals surface area contributed by atoms with E-state index < -0.39 is 0 Å². The van der Waals surface area contributed by atoms with Gasteiger partial charge in [0.2, 0.25) is 11.8 Å². The summed E-state index contributed by atoms with van der Waals surface area (Å²) in [6.45, 7) is 1.61. The van der Waals surface area contributed by atoms with Crippen LogP contribution in [0.25, 0.3) is 10.9 Å². The first-order valence-corrected chi connectivity index (χ1v) is 8.67. The summed E-state index contributed by atoms with van der Waals surface area (Å²) in [5.41, 5.74) is 3.15. The van der Waals surface area contributed by atoms with Crippen LogP contribution in [-0.4, -0.2) is 45.8 Å². The maximum atomic E-state index is 12.4. The van der Waals surface area contributed by atoms with Crippen LogP contribution in [0.5, 0.6) is 0 Å². The molecule has 8 nitrogen and oxygen atoms in total. The molecule has 0 bridgehead atoms. The molecule has 8 heteroatoms. The van der Waals surface area contributed by atoms with Crippen LogP contribution in [0, 0.1) is 6.92 Å². The topological polar surface area (TPSA) is 96.8 Å². The van der Waals surface area contributed by atoms with E-state index in [-0.39, 0.29) is 25.0 Å². The second kappa shape index (κ2) is 7.43. The van der Waals surface area contributed by atoms with E-state index in [1.165, 1.54) is 6.33 Å². The Labute approximate surface area is 160 Å². The molecule has 0 aliphatic carbocycles. The summed E-state index contributed by atoms with van der Waals surface area (Å²) in [5, 5.41) is 8.95. The molecule has 2 amide bonds. The third kappa shape index (κ3) is 3.80. The molecular formula is C20H17N5O3. The third-order valence-electron chi connectivity index (χ3n) is 4.21. The lowest BCUT2D eigenvalue weighted by atomic mass is 10.1. The zero-order chi connectivity index (χ0) is 19.5. The van der Waals surface area contributed by atoms with E-state index in [0.717, 1.165) is 27.0 Å². The number of carbonyl (C=O) groups is 2. The maximum Gasteiger partial charge on any atom is 0.281 e. The van der Waals surface area contributed by atoms with Crippen molar-refractivity contribution >= 4 is 34.3 Å². The monoisotopic (exact) mass is 375 g/mol. The first kappa shape index (κ1) is 17.6. The zero-order valence-electron chi connectivity index (χ0n) is 15.1. The average molecular weight is 375 g/mol. The zero-order valence-corrected chi connectivity index (χ0v) is 15.1. The number of aryl methyl sites for hydroxylation is 1. The molecule has 140 valence electrons. The average Bonchev–Trinajstić information content (AvgIpc) is 2.70. The molecular weight excluding hydrogens is 358 g/mol. The van der Waals surface area contributed by atoms with Crippen molar-refractivity contribution in [2.45, 2.75) is 6.92 Å². The van der Waals surface area contributed by atoms with Gasteiger partial charge in [0.25, 0.3) is 5.91 Å². The van der Waals surface area contributed by atoms with Gasteiger partial charge in [0.05, 0.1) is 5.52 Å². The Kier molecular flexibility index (Phi) is 4.67. The van der Waals surface area contributed by atoms with E-state index in [1.54, 1.807) is 18.3 Å². The van der Waals surface area contributed by atoms with Crippen LogP contribution in [-0.2, 0) is 14.3 Å². The van der Waals surface area contributed by atoms with Crippen molar-refractivity contribution in [2.24, 2.45) is 5.10 Å². The standard InChI is InChI=1S/C20H17N5O3/c1-13-2-4-14(5-3-13)20-24-25(19(27)11-28-20)10-18(26)23-16-7-6-15-9-21-12-22-17(15)8-16/h2-9,12H,10-11H2,1H3,(H,23,26). The number of amides is 2. The number of hydrogen-bond donors (Lipinski definition) is 1. The fourth-order valence-corrected chi connectivity index (χ4v) is 2.75. The number of hydrazone groups is 1. The van der Waals surface area contributed by atoms with E-state index >= 15 is 0 Å². The highest BCUT2D eigenvalue weighted by molar-refractivity contribution is 6.00. The number of nitrogens with zero attached hydrogens (tertiary/aromatic N) is 4. The van der Waals surface area contributed by atoms with Crippen molar-refractivity contribution < 1.29 is 14.3 Å². The number of nitrogens with one attached hydrogen (secondary N) is 1. The van der Waals surface area contributed by atoms with Crippen molar-refractivity contribution in [3.63, 3.8) is 0 Å². The van der Waals surface area contributed by atoms with Gasteiger partial charge in [-0.2, -0.15) is 0 Å². The molecule has 0 unspecified atom stereocenters. The predicted octanol–water partition coefficient (Wildman–Crippen LogP) is 2.10. The van der Waals surface area contributed by atoms with Crippen LogP contribution >= 0.6 is 0 Å². The van der Waals surface area contributed by atoms with Gasteiger partial charge in [0.1, 0.15) is 12.9 Å². The molecule has 1 aliphatic rings. The van der Waals surface area contributed by atoms with E-state index in [9.17, 15) is 9.59 Å². The first-order valence-electron chi connectivity index (χ1n) is 8.67. The SMILES string of the molecule is Cc1ccc(C2=NN(CC(=O)Nc3ccc4cncnc4c3)C(=O)CO2)cc1. The van der Waals surface area contributed by atoms with Crippen LogP contribution in [0.1, 0.15) is 11.1 Å². The summed E-state index contributed by atoms with van der Waals surface area (Å²) >= 11 is 0. The summed E-state index contributed by atoms with van der Waals surface area (Å²) in [5.74, 6) is -0.428. The fraction of sp³-hybridized carbons (Fsp3) is 0.150. The normalized spacial score (nSPS) is 13.8. The summed E-state index contributed by atoms with van der Waals surface area (Å²) in [7, 11) is 0. The van der Waals surface area contributed by atoms with E-state index in [0.29, 0.717) is 11.6 Å². The van der Waals surface area contributed by atoms with Gasteiger partial charge in [0.15, 0.2) is 6.61 Å². The van der Waals surface area contributed by atoms with Crippen molar-refractivity contribution in [1.29, 1.82) is 0 Å². The lowest BCUT2D eigenvalue weighted by Gasteiger charge is -2.23.